The number of anilines is 1. The lowest BCUT2D eigenvalue weighted by atomic mass is 9.89. The van der Waals surface area contributed by atoms with Crippen molar-refractivity contribution in [2.45, 2.75) is 63.3 Å². The molecule has 5 rings (SSSR count). The number of fused-ring (bicyclic) bond motifs is 1. The van der Waals surface area contributed by atoms with E-state index < -0.39 is 0 Å². The van der Waals surface area contributed by atoms with E-state index in [1.165, 1.54) is 6.08 Å². The van der Waals surface area contributed by atoms with Crippen LogP contribution in [-0.4, -0.2) is 82.4 Å². The minimum atomic E-state index is -0.217. The third-order valence-corrected chi connectivity index (χ3v) is 7.43. The molecule has 10 heteroatoms. The molecule has 1 saturated carbocycles. The monoisotopic (exact) mass is 465 g/mol. The Morgan fingerprint density at radius 2 is 2.09 bits per heavy atom. The van der Waals surface area contributed by atoms with Crippen LogP contribution in [0.3, 0.4) is 0 Å². The summed E-state index contributed by atoms with van der Waals surface area (Å²) in [7, 11) is 0. The summed E-state index contributed by atoms with van der Waals surface area (Å²) in [5.74, 6) is 1.03. The highest BCUT2D eigenvalue weighted by Crippen LogP contribution is 2.31. The maximum atomic E-state index is 12.3. The van der Waals surface area contributed by atoms with Gasteiger partial charge in [0.2, 0.25) is 5.91 Å². The van der Waals surface area contributed by atoms with E-state index in [-0.39, 0.29) is 24.4 Å². The molecule has 3 aliphatic heterocycles. The third kappa shape index (κ3) is 4.38. The molecule has 3 fully saturated rings. The maximum absolute atomic E-state index is 12.3. The Morgan fingerprint density at radius 3 is 2.85 bits per heavy atom. The number of likely N-dealkylation sites (tertiary alicyclic amines) is 1. The molecule has 2 saturated heterocycles. The van der Waals surface area contributed by atoms with E-state index in [2.05, 4.69) is 32.7 Å². The van der Waals surface area contributed by atoms with Gasteiger partial charge in [-0.2, -0.15) is 15.2 Å². The van der Waals surface area contributed by atoms with Gasteiger partial charge in [-0.3, -0.25) is 14.5 Å². The summed E-state index contributed by atoms with van der Waals surface area (Å²) in [6, 6.07) is 3.00. The number of rotatable bonds is 7. The lowest BCUT2D eigenvalue weighted by Crippen LogP contribution is -2.55. The van der Waals surface area contributed by atoms with Crippen LogP contribution in [0.25, 0.3) is 0 Å². The quantitative estimate of drug-likeness (QED) is 0.583. The van der Waals surface area contributed by atoms with E-state index in [0.717, 1.165) is 36.5 Å². The lowest BCUT2D eigenvalue weighted by molar-refractivity contribution is -0.129. The number of amides is 1. The minimum absolute atomic E-state index is 0.146. The second kappa shape index (κ2) is 9.68. The molecule has 1 aromatic heterocycles. The van der Waals surface area contributed by atoms with Gasteiger partial charge in [0.05, 0.1) is 24.2 Å². The van der Waals surface area contributed by atoms with Crippen molar-refractivity contribution >= 4 is 17.5 Å². The summed E-state index contributed by atoms with van der Waals surface area (Å²) < 4.78 is 6.14. The van der Waals surface area contributed by atoms with Crippen molar-refractivity contribution in [3.63, 3.8) is 0 Å². The summed E-state index contributed by atoms with van der Waals surface area (Å²) in [4.78, 5) is 39.5. The molecule has 0 aromatic carbocycles. The second-order valence-electron chi connectivity index (χ2n) is 9.50. The lowest BCUT2D eigenvalue weighted by Gasteiger charge is -2.41. The first-order chi connectivity index (χ1) is 16.6. The normalized spacial score (nSPS) is 25.1. The van der Waals surface area contributed by atoms with Crippen LogP contribution >= 0.6 is 0 Å². The van der Waals surface area contributed by atoms with Gasteiger partial charge in [0.25, 0.3) is 0 Å². The number of ether oxygens (including phenoxy) is 1. The van der Waals surface area contributed by atoms with Crippen LogP contribution in [0, 0.1) is 11.3 Å². The molecule has 1 aliphatic carbocycles. The zero-order chi connectivity index (χ0) is 23.7. The fourth-order valence-corrected chi connectivity index (χ4v) is 5.58. The van der Waals surface area contributed by atoms with Gasteiger partial charge in [0.1, 0.15) is 18.2 Å². The summed E-state index contributed by atoms with van der Waals surface area (Å²) >= 11 is 0. The molecule has 0 unspecified atom stereocenters. The molecule has 1 aromatic rings. The minimum Gasteiger partial charge on any atom is -0.462 e. The molecule has 0 bridgehead atoms. The molecule has 10 nitrogen and oxygen atoms in total. The number of hydrogen-bond acceptors (Lipinski definition) is 9. The van der Waals surface area contributed by atoms with Gasteiger partial charge in [-0.15, -0.1) is 0 Å². The largest absolute Gasteiger partial charge is 0.462 e. The van der Waals surface area contributed by atoms with E-state index >= 15 is 0 Å². The predicted octanol–water partition coefficient (Wildman–Crippen LogP) is 0.771. The van der Waals surface area contributed by atoms with Crippen LogP contribution in [0.2, 0.25) is 0 Å². The Hall–Kier alpha value is -3.03. The van der Waals surface area contributed by atoms with Gasteiger partial charge in [-0.25, -0.2) is 0 Å². The first-order valence-electron chi connectivity index (χ1n) is 12.1. The van der Waals surface area contributed by atoms with Crippen LogP contribution in [0.15, 0.2) is 12.7 Å². The highest BCUT2D eigenvalue weighted by atomic mass is 16.5. The van der Waals surface area contributed by atoms with Crippen LogP contribution in [0.1, 0.15) is 43.4 Å². The number of piperazine rings is 1. The van der Waals surface area contributed by atoms with Crippen molar-refractivity contribution in [3.05, 3.63) is 23.9 Å². The smallest absolute Gasteiger partial charge is 0.318 e. The molecule has 1 N–H and O–H groups in total. The summed E-state index contributed by atoms with van der Waals surface area (Å²) in [6.07, 6.45) is 5.06. The molecule has 1 amide bonds. The van der Waals surface area contributed by atoms with E-state index in [0.29, 0.717) is 70.0 Å². The molecule has 2 atom stereocenters. The third-order valence-electron chi connectivity index (χ3n) is 7.43. The van der Waals surface area contributed by atoms with Crippen LogP contribution in [0.4, 0.5) is 5.82 Å². The summed E-state index contributed by atoms with van der Waals surface area (Å²) in [5, 5.41) is 12.7. The standard InChI is InChI=1S/C24H31N7O3/c1-2-22(33)31-9-8-29(14-16(31)5-6-25)23-20-12-26-13-21(20)27-24(28-23)34-15-17-4-3-7-30(17)18-10-19(32)11-18/h2,16-18,26H,1,3-5,7-15H2/t16-,17-/m0/s1. The molecule has 180 valence electrons. The van der Waals surface area contributed by atoms with Gasteiger partial charge in [-0.05, 0) is 25.5 Å². The molecule has 0 radical (unpaired) electrons. The Bertz CT molecular complexity index is 1010. The van der Waals surface area contributed by atoms with E-state index in [1.807, 2.05) is 0 Å². The van der Waals surface area contributed by atoms with Crippen molar-refractivity contribution in [1.82, 2.24) is 25.1 Å². The molecular weight excluding hydrogens is 434 g/mol. The highest BCUT2D eigenvalue weighted by Gasteiger charge is 2.38. The number of carbonyl (C=O) groups excluding carboxylic acids is 2. The number of nitrogens with zero attached hydrogens (tertiary/aromatic N) is 6. The fourth-order valence-electron chi connectivity index (χ4n) is 5.58. The molecule has 0 spiro atoms. The predicted molar refractivity (Wildman–Crippen MR) is 124 cm³/mol. The van der Waals surface area contributed by atoms with Crippen molar-refractivity contribution < 1.29 is 14.3 Å². The molecule has 34 heavy (non-hydrogen) atoms. The first kappa shape index (κ1) is 22.7. The fraction of sp³-hybridized carbons (Fsp3) is 0.625. The Balaban J connectivity index is 1.31. The Labute approximate surface area is 199 Å². The average Bonchev–Trinajstić information content (AvgIpc) is 3.49. The topological polar surface area (TPSA) is 115 Å². The first-order valence-corrected chi connectivity index (χ1v) is 12.1. The van der Waals surface area contributed by atoms with Crippen LogP contribution in [-0.2, 0) is 22.7 Å². The molecule has 4 heterocycles. The van der Waals surface area contributed by atoms with Crippen molar-refractivity contribution in [2.75, 3.05) is 37.7 Å². The van der Waals surface area contributed by atoms with Crippen molar-refractivity contribution in [1.29, 1.82) is 5.26 Å². The van der Waals surface area contributed by atoms with E-state index in [4.69, 9.17) is 9.72 Å². The Morgan fingerprint density at radius 1 is 1.24 bits per heavy atom. The number of nitrogens with one attached hydrogen (secondary N) is 1. The van der Waals surface area contributed by atoms with Crippen LogP contribution < -0.4 is 15.0 Å². The van der Waals surface area contributed by atoms with Crippen LogP contribution in [0.5, 0.6) is 6.01 Å². The zero-order valence-electron chi connectivity index (χ0n) is 19.4. The number of Topliss-reactive ketones (excluding diaryl/α,β-unsaturated/α-hetero) is 1. The average molecular weight is 466 g/mol. The number of aromatic nitrogens is 2. The second-order valence-corrected chi connectivity index (χ2v) is 9.50. The number of ketones is 1. The highest BCUT2D eigenvalue weighted by molar-refractivity contribution is 5.87. The van der Waals surface area contributed by atoms with Gasteiger partial charge in [0.15, 0.2) is 0 Å². The summed E-state index contributed by atoms with van der Waals surface area (Å²) in [6.45, 7) is 8.13. The van der Waals surface area contributed by atoms with E-state index in [1.54, 1.807) is 4.90 Å². The Kier molecular flexibility index (Phi) is 6.48. The van der Waals surface area contributed by atoms with Gasteiger partial charge < -0.3 is 19.9 Å². The zero-order valence-corrected chi connectivity index (χ0v) is 19.4. The van der Waals surface area contributed by atoms with Crippen molar-refractivity contribution in [3.8, 4) is 12.1 Å². The van der Waals surface area contributed by atoms with Gasteiger partial charge in [-0.1, -0.05) is 6.58 Å². The molecular formula is C24H31N7O3. The maximum Gasteiger partial charge on any atom is 0.318 e. The number of nitriles is 1. The number of carbonyl (C=O) groups is 2. The van der Waals surface area contributed by atoms with Gasteiger partial charge >= 0.3 is 6.01 Å². The summed E-state index contributed by atoms with van der Waals surface area (Å²) in [5.41, 5.74) is 2.00. The molecule has 4 aliphatic rings. The van der Waals surface area contributed by atoms with E-state index in [9.17, 15) is 14.9 Å². The SMILES string of the molecule is C=CC(=O)N1CCN(c2nc(OC[C@@H]3CCCN3C3CC(=O)C3)nc3c2CNC3)C[C@@H]1CC#N. The number of hydrogen-bond donors (Lipinski definition) is 1. The van der Waals surface area contributed by atoms with Crippen molar-refractivity contribution in [2.24, 2.45) is 0 Å². The van der Waals surface area contributed by atoms with Gasteiger partial charge in [0, 0.05) is 63.2 Å².